The predicted molar refractivity (Wildman–Crippen MR) is 122 cm³/mol. The number of sulfonamides is 1. The molecule has 3 rings (SSSR count). The molecular formula is C22H29N3O5S2. The molecule has 2 N–H and O–H groups in total. The molecule has 8 nitrogen and oxygen atoms in total. The highest BCUT2D eigenvalue weighted by Crippen LogP contribution is 2.29. The van der Waals surface area contributed by atoms with Crippen molar-refractivity contribution in [3.8, 4) is 0 Å². The van der Waals surface area contributed by atoms with Crippen molar-refractivity contribution < 1.29 is 23.2 Å². The lowest BCUT2D eigenvalue weighted by Crippen LogP contribution is -2.50. The minimum absolute atomic E-state index is 0.102. The Labute approximate surface area is 193 Å². The van der Waals surface area contributed by atoms with Crippen molar-refractivity contribution in [1.82, 2.24) is 14.7 Å². The van der Waals surface area contributed by atoms with Gasteiger partial charge in [0.25, 0.3) is 5.91 Å². The third kappa shape index (κ3) is 6.31. The van der Waals surface area contributed by atoms with Crippen LogP contribution in [-0.2, 0) is 19.6 Å². The number of nitrogens with zero attached hydrogens (tertiary/aromatic N) is 2. The van der Waals surface area contributed by atoms with Gasteiger partial charge in [0.15, 0.2) is 0 Å². The van der Waals surface area contributed by atoms with Crippen molar-refractivity contribution in [3.05, 3.63) is 54.1 Å². The Bertz CT molecular complexity index is 991. The minimum atomic E-state index is -3.96. The fraction of sp³-hybridized carbons (Fsp3) is 0.409. The molecular weight excluding hydrogens is 450 g/mol. The number of hydroxylamine groups is 1. The van der Waals surface area contributed by atoms with Crippen LogP contribution in [0.3, 0.4) is 0 Å². The van der Waals surface area contributed by atoms with E-state index in [1.165, 1.54) is 12.5 Å². The number of rotatable bonds is 9. The molecule has 1 heterocycles. The highest BCUT2D eigenvalue weighted by atomic mass is 32.2. The molecule has 1 saturated heterocycles. The average molecular weight is 480 g/mol. The molecule has 0 saturated carbocycles. The quantitative estimate of drug-likeness (QED) is 0.421. The summed E-state index contributed by atoms with van der Waals surface area (Å²) in [6.45, 7) is 6.68. The number of morpholine rings is 1. The van der Waals surface area contributed by atoms with Crippen LogP contribution in [0.15, 0.2) is 63.2 Å². The summed E-state index contributed by atoms with van der Waals surface area (Å²) >= 11 is 1.54. The van der Waals surface area contributed by atoms with Crippen LogP contribution in [0.2, 0.25) is 0 Å². The summed E-state index contributed by atoms with van der Waals surface area (Å²) in [7, 11) is -3.96. The molecule has 1 aliphatic heterocycles. The zero-order chi connectivity index (χ0) is 23.1. The molecule has 1 amide bonds. The van der Waals surface area contributed by atoms with Gasteiger partial charge in [0.1, 0.15) is 6.04 Å². The Morgan fingerprint density at radius 3 is 2.25 bits per heavy atom. The molecule has 0 unspecified atom stereocenters. The van der Waals surface area contributed by atoms with Crippen LogP contribution >= 0.6 is 11.8 Å². The number of hydrogen-bond acceptors (Lipinski definition) is 7. The SMILES string of the molecule is Cc1ccc(Sc2ccc(S(=O)(=O)N(CCN3CCOCC3)[C@H](C)C(=O)NO)cc2)cc1. The third-order valence-corrected chi connectivity index (χ3v) is 8.35. The van der Waals surface area contributed by atoms with Gasteiger partial charge >= 0.3 is 0 Å². The Morgan fingerprint density at radius 2 is 1.69 bits per heavy atom. The van der Waals surface area contributed by atoms with Crippen molar-refractivity contribution in [2.75, 3.05) is 39.4 Å². The number of carbonyl (C=O) groups excluding carboxylic acids is 1. The predicted octanol–water partition coefficient (Wildman–Crippen LogP) is 2.36. The first-order valence-corrected chi connectivity index (χ1v) is 12.7. The van der Waals surface area contributed by atoms with Crippen molar-refractivity contribution in [2.24, 2.45) is 0 Å². The molecule has 0 aromatic heterocycles. The molecule has 2 aromatic rings. The van der Waals surface area contributed by atoms with Crippen LogP contribution in [0.1, 0.15) is 12.5 Å². The molecule has 1 fully saturated rings. The van der Waals surface area contributed by atoms with Gasteiger partial charge in [0.2, 0.25) is 10.0 Å². The highest BCUT2D eigenvalue weighted by molar-refractivity contribution is 7.99. The van der Waals surface area contributed by atoms with E-state index < -0.39 is 22.0 Å². The first-order chi connectivity index (χ1) is 15.3. The number of hydrogen-bond donors (Lipinski definition) is 2. The molecule has 2 aromatic carbocycles. The van der Waals surface area contributed by atoms with E-state index in [-0.39, 0.29) is 11.4 Å². The fourth-order valence-electron chi connectivity index (χ4n) is 3.37. The van der Waals surface area contributed by atoms with Crippen LogP contribution in [0, 0.1) is 6.92 Å². The van der Waals surface area contributed by atoms with Gasteiger partial charge in [-0.25, -0.2) is 13.9 Å². The Balaban J connectivity index is 1.77. The molecule has 0 bridgehead atoms. The Morgan fingerprint density at radius 1 is 1.12 bits per heavy atom. The van der Waals surface area contributed by atoms with E-state index in [9.17, 15) is 13.2 Å². The van der Waals surface area contributed by atoms with E-state index in [1.807, 2.05) is 31.2 Å². The number of ether oxygens (including phenoxy) is 1. The van der Waals surface area contributed by atoms with E-state index in [1.54, 1.807) is 41.5 Å². The van der Waals surface area contributed by atoms with Gasteiger partial charge in [0.05, 0.1) is 18.1 Å². The minimum Gasteiger partial charge on any atom is -0.379 e. The van der Waals surface area contributed by atoms with E-state index in [2.05, 4.69) is 4.90 Å². The normalized spacial score (nSPS) is 16.1. The molecule has 10 heteroatoms. The first-order valence-electron chi connectivity index (χ1n) is 10.4. The largest absolute Gasteiger partial charge is 0.379 e. The zero-order valence-corrected chi connectivity index (χ0v) is 19.9. The van der Waals surface area contributed by atoms with Gasteiger partial charge in [0, 0.05) is 36.0 Å². The smallest absolute Gasteiger partial charge is 0.261 e. The number of amides is 1. The second kappa shape index (κ2) is 11.3. The Hall–Kier alpha value is -1.95. The summed E-state index contributed by atoms with van der Waals surface area (Å²) in [6.07, 6.45) is 0. The lowest BCUT2D eigenvalue weighted by atomic mass is 10.2. The summed E-state index contributed by atoms with van der Waals surface area (Å²) in [5.41, 5.74) is 2.74. The molecule has 1 atom stereocenters. The van der Waals surface area contributed by atoms with E-state index >= 15 is 0 Å². The van der Waals surface area contributed by atoms with Crippen LogP contribution in [0.25, 0.3) is 0 Å². The monoisotopic (exact) mass is 479 g/mol. The van der Waals surface area contributed by atoms with Crippen LogP contribution in [0.5, 0.6) is 0 Å². The van der Waals surface area contributed by atoms with E-state index in [4.69, 9.17) is 9.94 Å². The number of benzene rings is 2. The van der Waals surface area contributed by atoms with E-state index in [0.717, 1.165) is 14.1 Å². The molecule has 0 spiro atoms. The highest BCUT2D eigenvalue weighted by Gasteiger charge is 2.33. The summed E-state index contributed by atoms with van der Waals surface area (Å²) < 4.78 is 33.2. The first kappa shape index (κ1) is 24.7. The molecule has 0 radical (unpaired) electrons. The molecule has 0 aliphatic carbocycles. The Kier molecular flexibility index (Phi) is 8.69. The lowest BCUT2D eigenvalue weighted by Gasteiger charge is -2.31. The third-order valence-electron chi connectivity index (χ3n) is 5.35. The van der Waals surface area contributed by atoms with Gasteiger partial charge in [-0.2, -0.15) is 4.31 Å². The van der Waals surface area contributed by atoms with Gasteiger partial charge < -0.3 is 4.74 Å². The second-order valence-electron chi connectivity index (χ2n) is 7.61. The summed E-state index contributed by atoms with van der Waals surface area (Å²) in [5.74, 6) is -0.776. The zero-order valence-electron chi connectivity index (χ0n) is 18.2. The molecule has 174 valence electrons. The van der Waals surface area contributed by atoms with E-state index in [0.29, 0.717) is 32.8 Å². The molecule has 32 heavy (non-hydrogen) atoms. The van der Waals surface area contributed by atoms with Crippen LogP contribution < -0.4 is 5.48 Å². The number of nitrogens with one attached hydrogen (secondary N) is 1. The lowest BCUT2D eigenvalue weighted by molar-refractivity contribution is -0.132. The maximum Gasteiger partial charge on any atom is 0.261 e. The van der Waals surface area contributed by atoms with Crippen molar-refractivity contribution in [2.45, 2.75) is 34.6 Å². The van der Waals surface area contributed by atoms with Crippen molar-refractivity contribution in [1.29, 1.82) is 0 Å². The van der Waals surface area contributed by atoms with Crippen LogP contribution in [0.4, 0.5) is 0 Å². The standard InChI is InChI=1S/C22H29N3O5S2/c1-17-3-5-19(6-4-17)31-20-7-9-21(10-8-20)32(28,29)25(18(2)22(26)23-27)12-11-24-13-15-30-16-14-24/h3-10,18,27H,11-16H2,1-2H3,(H,23,26)/t18-/m1/s1. The second-order valence-corrected chi connectivity index (χ2v) is 10.6. The summed E-state index contributed by atoms with van der Waals surface area (Å²) in [4.78, 5) is 16.2. The van der Waals surface area contributed by atoms with Crippen molar-refractivity contribution in [3.63, 3.8) is 0 Å². The van der Waals surface area contributed by atoms with Gasteiger partial charge in [-0.05, 0) is 50.2 Å². The van der Waals surface area contributed by atoms with Crippen LogP contribution in [-0.4, -0.2) is 74.2 Å². The number of aryl methyl sites for hydroxylation is 1. The summed E-state index contributed by atoms with van der Waals surface area (Å²) in [5, 5.41) is 9.05. The molecule has 1 aliphatic rings. The average Bonchev–Trinajstić information content (AvgIpc) is 2.81. The van der Waals surface area contributed by atoms with Gasteiger partial charge in [-0.3, -0.25) is 14.9 Å². The van der Waals surface area contributed by atoms with Gasteiger partial charge in [-0.1, -0.05) is 29.5 Å². The number of carbonyl (C=O) groups is 1. The maximum atomic E-state index is 13.4. The maximum absolute atomic E-state index is 13.4. The summed E-state index contributed by atoms with van der Waals surface area (Å²) in [6, 6.07) is 13.7. The fourth-order valence-corrected chi connectivity index (χ4v) is 5.77. The van der Waals surface area contributed by atoms with Gasteiger partial charge in [-0.15, -0.1) is 0 Å². The van der Waals surface area contributed by atoms with Crippen molar-refractivity contribution >= 4 is 27.7 Å². The topological polar surface area (TPSA) is 99.2 Å².